The van der Waals surface area contributed by atoms with Crippen LogP contribution in [0.15, 0.2) is 48.5 Å². The molecule has 0 saturated heterocycles. The van der Waals surface area contributed by atoms with Gasteiger partial charge in [0.2, 0.25) is 0 Å². The second-order valence-electron chi connectivity index (χ2n) is 4.11. The number of hydrogen-bond donors (Lipinski definition) is 1. The zero-order chi connectivity index (χ0) is 13.0. The zero-order valence-corrected chi connectivity index (χ0v) is 10.9. The highest BCUT2D eigenvalue weighted by molar-refractivity contribution is 6.33. The van der Waals surface area contributed by atoms with Crippen molar-refractivity contribution in [3.05, 3.63) is 64.9 Å². The molecule has 1 nitrogen and oxygen atoms in total. The molecule has 0 fully saturated rings. The first kappa shape index (κ1) is 12.9. The minimum absolute atomic E-state index is 0.0561. The summed E-state index contributed by atoms with van der Waals surface area (Å²) >= 11 is 6.02. The summed E-state index contributed by atoms with van der Waals surface area (Å²) in [5, 5.41) is 3.58. The fourth-order valence-corrected chi connectivity index (χ4v) is 2.13. The quantitative estimate of drug-likeness (QED) is 0.815. The molecule has 0 aromatic heterocycles. The molecule has 1 atom stereocenters. The third-order valence-corrected chi connectivity index (χ3v) is 3.21. The third kappa shape index (κ3) is 2.82. The Labute approximate surface area is 112 Å². The molecule has 0 saturated carbocycles. The average Bonchev–Trinajstić information content (AvgIpc) is 2.40. The molecule has 0 amide bonds. The van der Waals surface area contributed by atoms with E-state index in [4.69, 9.17) is 11.6 Å². The molecule has 2 aromatic carbocycles. The van der Waals surface area contributed by atoms with E-state index in [0.29, 0.717) is 10.7 Å². The number of nitrogens with one attached hydrogen (secondary N) is 1. The van der Waals surface area contributed by atoms with Crippen molar-refractivity contribution < 1.29 is 4.39 Å². The normalized spacial score (nSPS) is 12.2. The van der Waals surface area contributed by atoms with Gasteiger partial charge in [0.1, 0.15) is 5.82 Å². The average molecular weight is 264 g/mol. The Hall–Kier alpha value is -1.54. The topological polar surface area (TPSA) is 12.0 Å². The molecule has 0 spiro atoms. The third-order valence-electron chi connectivity index (χ3n) is 2.89. The molecular weight excluding hydrogens is 249 g/mol. The van der Waals surface area contributed by atoms with E-state index in [1.807, 2.05) is 30.3 Å². The van der Waals surface area contributed by atoms with Crippen LogP contribution in [0.5, 0.6) is 0 Å². The molecule has 0 aliphatic heterocycles. The summed E-state index contributed by atoms with van der Waals surface area (Å²) < 4.78 is 13.7. The summed E-state index contributed by atoms with van der Waals surface area (Å²) in [6.07, 6.45) is 0.856. The largest absolute Gasteiger partial charge is 0.375 e. The van der Waals surface area contributed by atoms with Gasteiger partial charge in [-0.15, -0.1) is 0 Å². The van der Waals surface area contributed by atoms with E-state index in [2.05, 4.69) is 12.2 Å². The monoisotopic (exact) mass is 263 g/mol. The van der Waals surface area contributed by atoms with E-state index >= 15 is 0 Å². The lowest BCUT2D eigenvalue weighted by atomic mass is 10.0. The van der Waals surface area contributed by atoms with Gasteiger partial charge in [-0.2, -0.15) is 0 Å². The van der Waals surface area contributed by atoms with Crippen LogP contribution < -0.4 is 5.32 Å². The molecule has 0 aliphatic carbocycles. The van der Waals surface area contributed by atoms with Crippen molar-refractivity contribution in [1.82, 2.24) is 0 Å². The second-order valence-corrected chi connectivity index (χ2v) is 4.52. The van der Waals surface area contributed by atoms with Crippen molar-refractivity contribution in [1.29, 1.82) is 0 Å². The maximum atomic E-state index is 13.7. The van der Waals surface area contributed by atoms with Gasteiger partial charge in [0, 0.05) is 0 Å². The molecule has 0 heterocycles. The van der Waals surface area contributed by atoms with Gasteiger partial charge in [0.25, 0.3) is 0 Å². The first-order chi connectivity index (χ1) is 8.72. The summed E-state index contributed by atoms with van der Waals surface area (Å²) in [6.45, 7) is 2.05. The van der Waals surface area contributed by atoms with Crippen molar-refractivity contribution >= 4 is 17.3 Å². The van der Waals surface area contributed by atoms with Crippen LogP contribution in [0, 0.1) is 5.82 Å². The van der Waals surface area contributed by atoms with Gasteiger partial charge >= 0.3 is 0 Å². The highest BCUT2D eigenvalue weighted by atomic mass is 35.5. The Morgan fingerprint density at radius 1 is 1.11 bits per heavy atom. The molecule has 3 heteroatoms. The summed E-state index contributed by atoms with van der Waals surface area (Å²) in [5.41, 5.74) is 1.49. The number of para-hydroxylation sites is 1. The van der Waals surface area contributed by atoms with Crippen LogP contribution in [0.4, 0.5) is 10.1 Å². The zero-order valence-electron chi connectivity index (χ0n) is 10.2. The summed E-state index contributed by atoms with van der Waals surface area (Å²) in [5.74, 6) is -0.322. The van der Waals surface area contributed by atoms with Crippen LogP contribution in [-0.4, -0.2) is 0 Å². The van der Waals surface area contributed by atoms with Crippen LogP contribution in [-0.2, 0) is 0 Å². The minimum atomic E-state index is -0.322. The maximum Gasteiger partial charge on any atom is 0.147 e. The molecule has 0 radical (unpaired) electrons. The molecule has 1 unspecified atom stereocenters. The maximum absolute atomic E-state index is 13.7. The van der Waals surface area contributed by atoms with Crippen molar-refractivity contribution in [2.24, 2.45) is 0 Å². The van der Waals surface area contributed by atoms with Gasteiger partial charge in [-0.3, -0.25) is 0 Å². The predicted molar refractivity (Wildman–Crippen MR) is 74.5 cm³/mol. The standard InChI is InChI=1S/C15H15ClFN/c1-2-14(11-7-4-3-5-8-11)18-15-12(16)9-6-10-13(15)17/h3-10,14,18H,2H2,1H3. The SMILES string of the molecule is CCC(Nc1c(F)cccc1Cl)c1ccccc1. The Balaban J connectivity index is 2.26. The van der Waals surface area contributed by atoms with Gasteiger partial charge in [0.05, 0.1) is 16.8 Å². The van der Waals surface area contributed by atoms with E-state index in [9.17, 15) is 4.39 Å². The van der Waals surface area contributed by atoms with Crippen LogP contribution in [0.2, 0.25) is 5.02 Å². The van der Waals surface area contributed by atoms with E-state index in [0.717, 1.165) is 12.0 Å². The van der Waals surface area contributed by atoms with Crippen molar-refractivity contribution in [3.63, 3.8) is 0 Å². The Bertz CT molecular complexity index is 493. The van der Waals surface area contributed by atoms with Crippen molar-refractivity contribution in [2.75, 3.05) is 5.32 Å². The van der Waals surface area contributed by atoms with Crippen LogP contribution in [0.3, 0.4) is 0 Å². The van der Waals surface area contributed by atoms with E-state index in [1.54, 1.807) is 12.1 Å². The lowest BCUT2D eigenvalue weighted by molar-refractivity contribution is 0.624. The van der Waals surface area contributed by atoms with Gasteiger partial charge < -0.3 is 5.32 Å². The highest BCUT2D eigenvalue weighted by Gasteiger charge is 2.13. The first-order valence-corrected chi connectivity index (χ1v) is 6.35. The molecule has 0 aliphatic rings. The number of halogens is 2. The van der Waals surface area contributed by atoms with Crippen molar-refractivity contribution in [3.8, 4) is 0 Å². The van der Waals surface area contributed by atoms with E-state index in [1.165, 1.54) is 6.07 Å². The lowest BCUT2D eigenvalue weighted by Crippen LogP contribution is -2.11. The molecule has 2 rings (SSSR count). The highest BCUT2D eigenvalue weighted by Crippen LogP contribution is 2.30. The molecule has 94 valence electrons. The summed E-state index contributed by atoms with van der Waals surface area (Å²) in [6, 6.07) is 14.7. The number of benzene rings is 2. The molecule has 1 N–H and O–H groups in total. The van der Waals surface area contributed by atoms with E-state index in [-0.39, 0.29) is 11.9 Å². The minimum Gasteiger partial charge on any atom is -0.375 e. The van der Waals surface area contributed by atoms with Gasteiger partial charge in [-0.1, -0.05) is 54.9 Å². The Morgan fingerprint density at radius 3 is 2.44 bits per heavy atom. The Morgan fingerprint density at radius 2 is 1.83 bits per heavy atom. The summed E-state index contributed by atoms with van der Waals surface area (Å²) in [4.78, 5) is 0. The predicted octanol–water partition coefficient (Wildman–Crippen LogP) is 5.04. The number of anilines is 1. The van der Waals surface area contributed by atoms with Gasteiger partial charge in [-0.05, 0) is 24.1 Å². The van der Waals surface area contributed by atoms with Gasteiger partial charge in [-0.25, -0.2) is 4.39 Å². The first-order valence-electron chi connectivity index (χ1n) is 5.98. The van der Waals surface area contributed by atoms with Crippen LogP contribution >= 0.6 is 11.6 Å². The molecule has 18 heavy (non-hydrogen) atoms. The lowest BCUT2D eigenvalue weighted by Gasteiger charge is -2.20. The smallest absolute Gasteiger partial charge is 0.147 e. The number of hydrogen-bond acceptors (Lipinski definition) is 1. The Kier molecular flexibility index (Phi) is 4.21. The molecular formula is C15H15ClFN. The van der Waals surface area contributed by atoms with Crippen molar-refractivity contribution in [2.45, 2.75) is 19.4 Å². The fourth-order valence-electron chi connectivity index (χ4n) is 1.92. The fraction of sp³-hybridized carbons (Fsp3) is 0.200. The van der Waals surface area contributed by atoms with E-state index < -0.39 is 0 Å². The molecule has 0 bridgehead atoms. The molecule has 2 aromatic rings. The van der Waals surface area contributed by atoms with Crippen LogP contribution in [0.1, 0.15) is 24.9 Å². The second kappa shape index (κ2) is 5.87. The van der Waals surface area contributed by atoms with Crippen LogP contribution in [0.25, 0.3) is 0 Å². The summed E-state index contributed by atoms with van der Waals surface area (Å²) in [7, 11) is 0. The number of rotatable bonds is 4. The van der Waals surface area contributed by atoms with Gasteiger partial charge in [0.15, 0.2) is 0 Å².